The zero-order chi connectivity index (χ0) is 17.4. The maximum atomic E-state index is 13.8. The van der Waals surface area contributed by atoms with Crippen LogP contribution >= 0.6 is 7.29 Å². The number of hydrogen-bond acceptors (Lipinski definition) is 4. The van der Waals surface area contributed by atoms with Crippen LogP contribution in [0.15, 0.2) is 24.3 Å². The molecule has 2 rings (SSSR count). The molecule has 0 aromatic heterocycles. The smallest absolute Gasteiger partial charge is 0.320 e. The zero-order valence-corrected chi connectivity index (χ0v) is 15.6. The molecule has 1 saturated heterocycles. The number of benzene rings is 1. The van der Waals surface area contributed by atoms with Crippen LogP contribution in [0, 0.1) is 0 Å². The third-order valence-corrected chi connectivity index (χ3v) is 7.54. The van der Waals surface area contributed by atoms with Crippen LogP contribution in [-0.4, -0.2) is 43.1 Å². The van der Waals surface area contributed by atoms with Crippen molar-refractivity contribution in [3.63, 3.8) is 0 Å². The molecular weight excluding hydrogens is 325 g/mol. The minimum absolute atomic E-state index is 0.0956. The molecule has 134 valence electrons. The Morgan fingerprint density at radius 3 is 2.46 bits per heavy atom. The monoisotopic (exact) mass is 353 g/mol. The van der Waals surface area contributed by atoms with Gasteiger partial charge in [0.15, 0.2) is 7.29 Å². The summed E-state index contributed by atoms with van der Waals surface area (Å²) in [5.41, 5.74) is 0. The summed E-state index contributed by atoms with van der Waals surface area (Å²) in [6.45, 7) is 5.44. The van der Waals surface area contributed by atoms with Crippen LogP contribution in [0.5, 0.6) is 5.75 Å². The minimum Gasteiger partial charge on any atom is -0.494 e. The Bertz CT molecular complexity index is 573. The Kier molecular flexibility index (Phi) is 7.32. The van der Waals surface area contributed by atoms with Gasteiger partial charge in [-0.05, 0) is 51.0 Å². The molecule has 0 saturated carbocycles. The van der Waals surface area contributed by atoms with E-state index in [0.29, 0.717) is 25.9 Å². The minimum atomic E-state index is -2.79. The molecule has 0 spiro atoms. The van der Waals surface area contributed by atoms with Crippen molar-refractivity contribution < 1.29 is 18.8 Å². The van der Waals surface area contributed by atoms with E-state index in [2.05, 4.69) is 0 Å². The molecule has 1 fully saturated rings. The lowest BCUT2D eigenvalue weighted by Gasteiger charge is -2.33. The fraction of sp³-hybridized carbons (Fsp3) is 0.611. The lowest BCUT2D eigenvalue weighted by atomic mass is 10.2. The van der Waals surface area contributed by atoms with Crippen molar-refractivity contribution in [2.45, 2.75) is 39.5 Å². The number of esters is 1. The normalized spacial score (nSPS) is 22.4. The molecule has 1 aliphatic heterocycles. The van der Waals surface area contributed by atoms with Gasteiger partial charge in [-0.25, -0.2) is 4.67 Å². The molecule has 0 N–H and O–H groups in total. The maximum Gasteiger partial charge on any atom is 0.320 e. The second-order valence-electron chi connectivity index (χ2n) is 5.96. The molecule has 1 heterocycles. The molecule has 1 aliphatic rings. The molecule has 5 nitrogen and oxygen atoms in total. The second-order valence-corrected chi connectivity index (χ2v) is 8.89. The molecule has 1 atom stereocenters. The van der Waals surface area contributed by atoms with Gasteiger partial charge in [-0.15, -0.1) is 0 Å². The summed E-state index contributed by atoms with van der Waals surface area (Å²) >= 11 is 0. The number of nitrogens with zero attached hydrogens (tertiary/aromatic N) is 1. The van der Waals surface area contributed by atoms with E-state index in [9.17, 15) is 9.36 Å². The topological polar surface area (TPSA) is 55.8 Å². The third-order valence-electron chi connectivity index (χ3n) is 4.25. The Hall–Kier alpha value is -1.32. The van der Waals surface area contributed by atoms with E-state index in [1.165, 1.54) is 0 Å². The lowest BCUT2D eigenvalue weighted by molar-refractivity contribution is -0.143. The molecular formula is C18H28NO4P. The quantitative estimate of drug-likeness (QED) is 0.579. The van der Waals surface area contributed by atoms with E-state index in [0.717, 1.165) is 36.7 Å². The van der Waals surface area contributed by atoms with Gasteiger partial charge in [0.05, 0.1) is 13.2 Å². The largest absolute Gasteiger partial charge is 0.494 e. The van der Waals surface area contributed by atoms with Crippen molar-refractivity contribution in [1.29, 1.82) is 0 Å². The van der Waals surface area contributed by atoms with Gasteiger partial charge in [0.25, 0.3) is 0 Å². The van der Waals surface area contributed by atoms with Crippen LogP contribution in [0.25, 0.3) is 0 Å². The Morgan fingerprint density at radius 1 is 1.08 bits per heavy atom. The SMILES string of the molecule is CCOC(=O)CN1CCCCCCP1(=O)c1ccc(OCC)cc1. The van der Waals surface area contributed by atoms with E-state index in [1.807, 2.05) is 35.9 Å². The lowest BCUT2D eigenvalue weighted by Crippen LogP contribution is -2.35. The number of ether oxygens (including phenoxy) is 2. The first-order chi connectivity index (χ1) is 11.6. The predicted octanol–water partition coefficient (Wildman–Crippen LogP) is 3.43. The fourth-order valence-electron chi connectivity index (χ4n) is 3.06. The molecule has 0 aliphatic carbocycles. The molecule has 1 aromatic rings. The summed E-state index contributed by atoms with van der Waals surface area (Å²) in [6.07, 6.45) is 4.70. The molecule has 1 unspecified atom stereocenters. The van der Waals surface area contributed by atoms with Gasteiger partial charge in [-0.2, -0.15) is 0 Å². The van der Waals surface area contributed by atoms with Crippen LogP contribution in [0.2, 0.25) is 0 Å². The van der Waals surface area contributed by atoms with Crippen LogP contribution in [0.3, 0.4) is 0 Å². The number of rotatable bonds is 6. The first kappa shape index (κ1) is 19.0. The molecule has 6 heteroatoms. The van der Waals surface area contributed by atoms with Gasteiger partial charge in [0, 0.05) is 18.0 Å². The van der Waals surface area contributed by atoms with Gasteiger partial charge < -0.3 is 14.0 Å². The van der Waals surface area contributed by atoms with E-state index < -0.39 is 7.29 Å². The highest BCUT2D eigenvalue weighted by atomic mass is 31.2. The molecule has 1 aromatic carbocycles. The van der Waals surface area contributed by atoms with Gasteiger partial charge in [-0.1, -0.05) is 12.8 Å². The first-order valence-corrected chi connectivity index (χ1v) is 10.7. The van der Waals surface area contributed by atoms with Gasteiger partial charge in [0.1, 0.15) is 12.3 Å². The Labute approximate surface area is 144 Å². The highest BCUT2D eigenvalue weighted by Gasteiger charge is 2.34. The van der Waals surface area contributed by atoms with Crippen LogP contribution in [-0.2, 0) is 14.1 Å². The van der Waals surface area contributed by atoms with Crippen molar-refractivity contribution in [3.05, 3.63) is 24.3 Å². The van der Waals surface area contributed by atoms with E-state index in [1.54, 1.807) is 6.92 Å². The van der Waals surface area contributed by atoms with Gasteiger partial charge >= 0.3 is 5.97 Å². The van der Waals surface area contributed by atoms with E-state index >= 15 is 0 Å². The zero-order valence-electron chi connectivity index (χ0n) is 14.7. The van der Waals surface area contributed by atoms with Gasteiger partial charge in [-0.3, -0.25) is 4.79 Å². The Balaban J connectivity index is 2.26. The fourth-order valence-corrected chi connectivity index (χ4v) is 6.00. The summed E-state index contributed by atoms with van der Waals surface area (Å²) in [5, 5.41) is 0.803. The Morgan fingerprint density at radius 2 is 1.79 bits per heavy atom. The van der Waals surface area contributed by atoms with Crippen molar-refractivity contribution in [2.24, 2.45) is 0 Å². The van der Waals surface area contributed by atoms with E-state index in [4.69, 9.17) is 9.47 Å². The van der Waals surface area contributed by atoms with Crippen molar-refractivity contribution in [1.82, 2.24) is 4.67 Å². The average Bonchev–Trinajstić information content (AvgIpc) is 2.56. The summed E-state index contributed by atoms with van der Waals surface area (Å²) in [7, 11) is -2.79. The summed E-state index contributed by atoms with van der Waals surface area (Å²) in [5.74, 6) is 0.473. The third kappa shape index (κ3) is 4.84. The summed E-state index contributed by atoms with van der Waals surface area (Å²) < 4.78 is 26.2. The maximum absolute atomic E-state index is 13.8. The number of carbonyl (C=O) groups excluding carboxylic acids is 1. The van der Waals surface area contributed by atoms with Crippen molar-refractivity contribution in [2.75, 3.05) is 32.5 Å². The molecule has 0 amide bonds. The molecule has 0 bridgehead atoms. The number of carbonyl (C=O) groups is 1. The van der Waals surface area contributed by atoms with E-state index in [-0.39, 0.29) is 12.5 Å². The first-order valence-electron chi connectivity index (χ1n) is 8.83. The second kappa shape index (κ2) is 9.24. The summed E-state index contributed by atoms with van der Waals surface area (Å²) in [6, 6.07) is 7.48. The summed E-state index contributed by atoms with van der Waals surface area (Å²) in [4.78, 5) is 12.0. The highest BCUT2D eigenvalue weighted by Crippen LogP contribution is 2.50. The van der Waals surface area contributed by atoms with Crippen LogP contribution in [0.1, 0.15) is 39.5 Å². The van der Waals surface area contributed by atoms with Crippen LogP contribution < -0.4 is 10.0 Å². The van der Waals surface area contributed by atoms with Crippen molar-refractivity contribution in [3.8, 4) is 5.75 Å². The molecule has 24 heavy (non-hydrogen) atoms. The standard InChI is InChI=1S/C18H28NO4P/c1-3-22-16-9-11-17(12-10-16)24(21)14-8-6-5-7-13-19(24)15-18(20)23-4-2/h9-12H,3-8,13-15H2,1-2H3. The highest BCUT2D eigenvalue weighted by molar-refractivity contribution is 7.69. The predicted molar refractivity (Wildman–Crippen MR) is 96.4 cm³/mol. The van der Waals surface area contributed by atoms with Gasteiger partial charge in [0.2, 0.25) is 0 Å². The molecule has 0 radical (unpaired) electrons. The van der Waals surface area contributed by atoms with Crippen molar-refractivity contribution >= 4 is 18.6 Å². The van der Waals surface area contributed by atoms with Crippen LogP contribution in [0.4, 0.5) is 0 Å². The average molecular weight is 353 g/mol. The number of hydrogen-bond donors (Lipinski definition) is 0.